The molecule has 2 aromatic rings. The first-order valence-electron chi connectivity index (χ1n) is 5.26. The largest absolute Gasteiger partial charge is 0.321 e. The third-order valence-electron chi connectivity index (χ3n) is 2.34. The number of primary sulfonamides is 1. The lowest BCUT2D eigenvalue weighted by Crippen LogP contribution is -2.14. The Kier molecular flexibility index (Phi) is 3.98. The van der Waals surface area contributed by atoms with Crippen molar-refractivity contribution < 1.29 is 13.2 Å². The summed E-state index contributed by atoms with van der Waals surface area (Å²) in [4.78, 5) is 19.2. The number of carbonyl (C=O) groups excluding carboxylic acids is 1. The zero-order valence-electron chi connectivity index (χ0n) is 9.95. The molecule has 0 aliphatic heterocycles. The van der Waals surface area contributed by atoms with Crippen LogP contribution < -0.4 is 10.5 Å². The van der Waals surface area contributed by atoms with Gasteiger partial charge >= 0.3 is 0 Å². The number of halogens is 1. The first-order chi connectivity index (χ1) is 9.38. The number of hydrogen-bond acceptors (Lipinski definition) is 5. The number of amides is 1. The minimum Gasteiger partial charge on any atom is -0.321 e. The molecule has 0 bridgehead atoms. The molecule has 1 heterocycles. The van der Waals surface area contributed by atoms with Gasteiger partial charge < -0.3 is 5.32 Å². The monoisotopic (exact) mass is 312 g/mol. The van der Waals surface area contributed by atoms with E-state index in [-0.39, 0.29) is 21.2 Å². The van der Waals surface area contributed by atoms with E-state index in [0.29, 0.717) is 0 Å². The summed E-state index contributed by atoms with van der Waals surface area (Å²) in [6.07, 6.45) is 3.98. The highest BCUT2D eigenvalue weighted by molar-refractivity contribution is 7.89. The molecule has 20 heavy (non-hydrogen) atoms. The van der Waals surface area contributed by atoms with Gasteiger partial charge in [-0.2, -0.15) is 0 Å². The number of carbonyl (C=O) groups is 1. The van der Waals surface area contributed by atoms with Crippen LogP contribution in [0.15, 0.2) is 41.8 Å². The van der Waals surface area contributed by atoms with Gasteiger partial charge in [0, 0.05) is 12.4 Å². The number of benzene rings is 1. The molecule has 3 N–H and O–H groups in total. The number of rotatable bonds is 3. The number of anilines is 1. The van der Waals surface area contributed by atoms with Crippen molar-refractivity contribution in [3.05, 3.63) is 47.5 Å². The van der Waals surface area contributed by atoms with E-state index in [9.17, 15) is 13.2 Å². The molecular weight excluding hydrogens is 304 g/mol. The van der Waals surface area contributed by atoms with Crippen molar-refractivity contribution in [3.8, 4) is 0 Å². The summed E-state index contributed by atoms with van der Waals surface area (Å²) in [6, 6.07) is 3.76. The zero-order valence-corrected chi connectivity index (χ0v) is 11.5. The number of nitrogens with zero attached hydrogens (tertiary/aromatic N) is 2. The fraction of sp³-hybridized carbons (Fsp3) is 0. The van der Waals surface area contributed by atoms with Crippen LogP contribution in [0.25, 0.3) is 0 Å². The Bertz CT molecular complexity index is 750. The maximum Gasteiger partial charge on any atom is 0.258 e. The van der Waals surface area contributed by atoms with Gasteiger partial charge in [0.2, 0.25) is 10.0 Å². The van der Waals surface area contributed by atoms with Gasteiger partial charge in [-0.05, 0) is 18.2 Å². The number of aromatic nitrogens is 2. The Hall–Kier alpha value is -2.03. The van der Waals surface area contributed by atoms with E-state index in [2.05, 4.69) is 15.3 Å². The van der Waals surface area contributed by atoms with Crippen LogP contribution in [0.3, 0.4) is 0 Å². The molecule has 9 heteroatoms. The molecule has 1 aromatic heterocycles. The van der Waals surface area contributed by atoms with Crippen LogP contribution >= 0.6 is 11.6 Å². The summed E-state index contributed by atoms with van der Waals surface area (Å²) in [5.74, 6) is -0.462. The summed E-state index contributed by atoms with van der Waals surface area (Å²) < 4.78 is 22.3. The Morgan fingerprint density at radius 1 is 1.25 bits per heavy atom. The first kappa shape index (κ1) is 14.4. The number of nitrogens with two attached hydrogens (primary N) is 1. The number of nitrogens with one attached hydrogen (secondary N) is 1. The highest BCUT2D eigenvalue weighted by Crippen LogP contribution is 2.25. The Morgan fingerprint density at radius 3 is 2.45 bits per heavy atom. The lowest BCUT2D eigenvalue weighted by Gasteiger charge is -2.08. The van der Waals surface area contributed by atoms with Crippen molar-refractivity contribution in [2.24, 2.45) is 5.14 Å². The van der Waals surface area contributed by atoms with E-state index in [1.54, 1.807) is 0 Å². The quantitative estimate of drug-likeness (QED) is 0.878. The summed E-state index contributed by atoms with van der Waals surface area (Å²) in [5, 5.41) is 7.55. The second kappa shape index (κ2) is 5.53. The van der Waals surface area contributed by atoms with E-state index in [1.807, 2.05) is 0 Å². The standard InChI is InChI=1S/C11H9ClN4O3S/c12-9-3-8(20(13,18)19)1-2-10(9)16-11(17)7-4-14-6-15-5-7/h1-6H,(H,16,17)(H2,13,18,19). The van der Waals surface area contributed by atoms with E-state index in [4.69, 9.17) is 16.7 Å². The molecule has 7 nitrogen and oxygen atoms in total. The molecule has 1 aromatic carbocycles. The second-order valence-electron chi connectivity index (χ2n) is 3.77. The maximum atomic E-state index is 11.9. The molecule has 0 fully saturated rings. The Morgan fingerprint density at radius 2 is 1.90 bits per heavy atom. The molecule has 0 saturated heterocycles. The van der Waals surface area contributed by atoms with E-state index in [1.165, 1.54) is 30.9 Å². The SMILES string of the molecule is NS(=O)(=O)c1ccc(NC(=O)c2cncnc2)c(Cl)c1. The van der Waals surface area contributed by atoms with Crippen molar-refractivity contribution in [3.63, 3.8) is 0 Å². The molecule has 0 spiro atoms. The Labute approximate surface area is 119 Å². The molecular formula is C11H9ClN4O3S. The topological polar surface area (TPSA) is 115 Å². The van der Waals surface area contributed by atoms with Crippen LogP contribution in [-0.4, -0.2) is 24.3 Å². The van der Waals surface area contributed by atoms with Crippen molar-refractivity contribution in [2.75, 3.05) is 5.32 Å². The van der Waals surface area contributed by atoms with Crippen LogP contribution in [0, 0.1) is 0 Å². The third-order valence-corrected chi connectivity index (χ3v) is 3.56. The molecule has 0 atom stereocenters. The first-order valence-corrected chi connectivity index (χ1v) is 7.19. The Balaban J connectivity index is 2.25. The second-order valence-corrected chi connectivity index (χ2v) is 5.74. The van der Waals surface area contributed by atoms with Crippen molar-refractivity contribution >= 4 is 33.2 Å². The summed E-state index contributed by atoms with van der Waals surface area (Å²) in [7, 11) is -3.84. The molecule has 2 rings (SSSR count). The molecule has 0 aliphatic carbocycles. The number of sulfonamides is 1. The fourth-order valence-electron chi connectivity index (χ4n) is 1.39. The van der Waals surface area contributed by atoms with Gasteiger partial charge in [0.15, 0.2) is 0 Å². The predicted octanol–water partition coefficient (Wildman–Crippen LogP) is 1.03. The normalized spacial score (nSPS) is 11.1. The molecule has 0 unspecified atom stereocenters. The van der Waals surface area contributed by atoms with E-state index >= 15 is 0 Å². The molecule has 0 saturated carbocycles. The molecule has 0 radical (unpaired) electrons. The molecule has 0 aliphatic rings. The highest BCUT2D eigenvalue weighted by atomic mass is 35.5. The maximum absolute atomic E-state index is 11.9. The zero-order chi connectivity index (χ0) is 14.8. The lowest BCUT2D eigenvalue weighted by atomic mass is 10.3. The minimum absolute atomic E-state index is 0.0572. The van der Waals surface area contributed by atoms with Crippen LogP contribution in [-0.2, 0) is 10.0 Å². The van der Waals surface area contributed by atoms with Gasteiger partial charge in [0.05, 0.1) is 21.2 Å². The van der Waals surface area contributed by atoms with Gasteiger partial charge in [-0.25, -0.2) is 23.5 Å². The minimum atomic E-state index is -3.84. The van der Waals surface area contributed by atoms with Crippen LogP contribution in [0.2, 0.25) is 5.02 Å². The fourth-order valence-corrected chi connectivity index (χ4v) is 2.22. The van der Waals surface area contributed by atoms with Crippen LogP contribution in [0.5, 0.6) is 0 Å². The van der Waals surface area contributed by atoms with E-state index in [0.717, 1.165) is 6.07 Å². The van der Waals surface area contributed by atoms with Gasteiger partial charge in [-0.3, -0.25) is 4.79 Å². The van der Waals surface area contributed by atoms with Gasteiger partial charge in [-0.1, -0.05) is 11.6 Å². The smallest absolute Gasteiger partial charge is 0.258 e. The van der Waals surface area contributed by atoms with Crippen molar-refractivity contribution in [2.45, 2.75) is 4.90 Å². The lowest BCUT2D eigenvalue weighted by molar-refractivity contribution is 0.102. The average molecular weight is 313 g/mol. The van der Waals surface area contributed by atoms with Gasteiger partial charge in [-0.15, -0.1) is 0 Å². The number of hydrogen-bond donors (Lipinski definition) is 2. The molecule has 104 valence electrons. The summed E-state index contributed by atoms with van der Waals surface area (Å²) >= 11 is 5.90. The van der Waals surface area contributed by atoms with Gasteiger partial charge in [0.25, 0.3) is 5.91 Å². The van der Waals surface area contributed by atoms with Crippen LogP contribution in [0.4, 0.5) is 5.69 Å². The van der Waals surface area contributed by atoms with Gasteiger partial charge in [0.1, 0.15) is 6.33 Å². The van der Waals surface area contributed by atoms with Crippen LogP contribution in [0.1, 0.15) is 10.4 Å². The average Bonchev–Trinajstić information content (AvgIpc) is 2.41. The van der Waals surface area contributed by atoms with Crippen molar-refractivity contribution in [1.82, 2.24) is 9.97 Å². The summed E-state index contributed by atoms with van der Waals surface area (Å²) in [5.41, 5.74) is 0.506. The van der Waals surface area contributed by atoms with Crippen molar-refractivity contribution in [1.29, 1.82) is 0 Å². The highest BCUT2D eigenvalue weighted by Gasteiger charge is 2.13. The molecule has 1 amide bonds. The third kappa shape index (κ3) is 3.29. The van der Waals surface area contributed by atoms with E-state index < -0.39 is 15.9 Å². The summed E-state index contributed by atoms with van der Waals surface area (Å²) in [6.45, 7) is 0. The predicted molar refractivity (Wildman–Crippen MR) is 72.8 cm³/mol.